The smallest absolute Gasteiger partial charge is 0.227 e. The third kappa shape index (κ3) is 4.19. The number of nitrogens with zero attached hydrogens (tertiary/aromatic N) is 1. The van der Waals surface area contributed by atoms with Gasteiger partial charge in [0.1, 0.15) is 0 Å². The second kappa shape index (κ2) is 7.28. The van der Waals surface area contributed by atoms with E-state index in [1.165, 1.54) is 24.7 Å². The van der Waals surface area contributed by atoms with E-state index < -0.39 is 15.9 Å². The third-order valence-electron chi connectivity index (χ3n) is 4.79. The second-order valence-electron chi connectivity index (χ2n) is 6.68. The van der Waals surface area contributed by atoms with Crippen LogP contribution < -0.4 is 4.90 Å². The maximum atomic E-state index is 13.0. The fraction of sp³-hybridized carbons (Fsp3) is 0.500. The summed E-state index contributed by atoms with van der Waals surface area (Å²) in [4.78, 5) is 14.6. The standard InChI is InChI=1S/C18H22ClNO3S/c19-15-7-4-8-16(12-15)20(17-9-10-24(22,23)13-17)18(21)11-14-5-2-1-3-6-14/h4,7-10,12,14,17H,1-3,5-6,11,13H2. The van der Waals surface area contributed by atoms with Crippen molar-refractivity contribution in [3.63, 3.8) is 0 Å². The van der Waals surface area contributed by atoms with Crippen molar-refractivity contribution in [3.8, 4) is 0 Å². The monoisotopic (exact) mass is 367 g/mol. The molecule has 0 radical (unpaired) electrons. The predicted octanol–water partition coefficient (Wildman–Crippen LogP) is 3.95. The lowest BCUT2D eigenvalue weighted by Crippen LogP contribution is -2.42. The quantitative estimate of drug-likeness (QED) is 0.809. The van der Waals surface area contributed by atoms with Crippen molar-refractivity contribution in [1.82, 2.24) is 0 Å². The molecule has 1 aromatic carbocycles. The molecule has 1 amide bonds. The molecule has 1 heterocycles. The summed E-state index contributed by atoms with van der Waals surface area (Å²) in [5.41, 5.74) is 0.662. The number of halogens is 1. The van der Waals surface area contributed by atoms with Gasteiger partial charge >= 0.3 is 0 Å². The van der Waals surface area contributed by atoms with Gasteiger partial charge in [-0.2, -0.15) is 0 Å². The van der Waals surface area contributed by atoms with Gasteiger partial charge in [-0.3, -0.25) is 4.79 Å². The summed E-state index contributed by atoms with van der Waals surface area (Å²) in [5, 5.41) is 1.75. The van der Waals surface area contributed by atoms with Crippen molar-refractivity contribution in [2.45, 2.75) is 44.6 Å². The zero-order valence-electron chi connectivity index (χ0n) is 13.5. The fourth-order valence-electron chi connectivity index (χ4n) is 3.60. The Bertz CT molecular complexity index is 738. The first-order chi connectivity index (χ1) is 11.4. The Morgan fingerprint density at radius 3 is 2.58 bits per heavy atom. The average molecular weight is 368 g/mol. The van der Waals surface area contributed by atoms with E-state index in [2.05, 4.69) is 0 Å². The fourth-order valence-corrected chi connectivity index (χ4v) is 5.06. The van der Waals surface area contributed by atoms with Crippen molar-refractivity contribution in [3.05, 3.63) is 40.8 Å². The number of carbonyl (C=O) groups is 1. The molecule has 24 heavy (non-hydrogen) atoms. The number of carbonyl (C=O) groups excluding carboxylic acids is 1. The number of sulfone groups is 1. The van der Waals surface area contributed by atoms with Gasteiger partial charge in [-0.05, 0) is 43.0 Å². The number of amides is 1. The molecule has 1 unspecified atom stereocenters. The van der Waals surface area contributed by atoms with Crippen molar-refractivity contribution < 1.29 is 13.2 Å². The van der Waals surface area contributed by atoms with Crippen LogP contribution in [0.4, 0.5) is 5.69 Å². The number of anilines is 1. The van der Waals surface area contributed by atoms with Gasteiger partial charge in [0.15, 0.2) is 9.84 Å². The van der Waals surface area contributed by atoms with Gasteiger partial charge in [0.05, 0.1) is 11.8 Å². The molecule has 0 saturated heterocycles. The number of hydrogen-bond donors (Lipinski definition) is 0. The highest BCUT2D eigenvalue weighted by Crippen LogP contribution is 2.30. The van der Waals surface area contributed by atoms with Gasteiger partial charge in [-0.15, -0.1) is 0 Å². The van der Waals surface area contributed by atoms with Gasteiger partial charge in [0, 0.05) is 22.5 Å². The average Bonchev–Trinajstić information content (AvgIpc) is 2.88. The zero-order chi connectivity index (χ0) is 17.2. The van der Waals surface area contributed by atoms with Crippen LogP contribution in [0.15, 0.2) is 35.7 Å². The second-order valence-corrected chi connectivity index (χ2v) is 9.04. The van der Waals surface area contributed by atoms with Crippen LogP contribution in [0.25, 0.3) is 0 Å². The van der Waals surface area contributed by atoms with Crippen molar-refractivity contribution in [2.24, 2.45) is 5.92 Å². The molecule has 1 fully saturated rings. The molecule has 130 valence electrons. The number of benzene rings is 1. The summed E-state index contributed by atoms with van der Waals surface area (Å²) >= 11 is 6.07. The lowest BCUT2D eigenvalue weighted by atomic mass is 9.86. The Balaban J connectivity index is 1.84. The summed E-state index contributed by atoms with van der Waals surface area (Å²) in [6.45, 7) is 0. The Labute approximate surface area is 148 Å². The minimum atomic E-state index is -3.23. The Hall–Kier alpha value is -1.33. The van der Waals surface area contributed by atoms with E-state index in [0.717, 1.165) is 12.8 Å². The van der Waals surface area contributed by atoms with Gasteiger partial charge in [-0.25, -0.2) is 8.42 Å². The summed E-state index contributed by atoms with van der Waals surface area (Å²) < 4.78 is 23.6. The van der Waals surface area contributed by atoms with E-state index in [1.54, 1.807) is 29.2 Å². The molecule has 3 rings (SSSR count). The zero-order valence-corrected chi connectivity index (χ0v) is 15.1. The van der Waals surface area contributed by atoms with Crippen LogP contribution in [0.2, 0.25) is 5.02 Å². The molecular formula is C18H22ClNO3S. The lowest BCUT2D eigenvalue weighted by molar-refractivity contribution is -0.120. The Kier molecular flexibility index (Phi) is 5.30. The Morgan fingerprint density at radius 1 is 1.21 bits per heavy atom. The molecule has 0 spiro atoms. The predicted molar refractivity (Wildman–Crippen MR) is 96.8 cm³/mol. The van der Waals surface area contributed by atoms with Crippen LogP contribution in [0, 0.1) is 5.92 Å². The largest absolute Gasteiger partial charge is 0.304 e. The van der Waals surface area contributed by atoms with E-state index >= 15 is 0 Å². The van der Waals surface area contributed by atoms with E-state index in [9.17, 15) is 13.2 Å². The molecule has 1 atom stereocenters. The SMILES string of the molecule is O=C(CC1CCCCC1)N(c1cccc(Cl)c1)C1C=CS(=O)(=O)C1. The van der Waals surface area contributed by atoms with Crippen LogP contribution in [0.3, 0.4) is 0 Å². The van der Waals surface area contributed by atoms with E-state index in [0.29, 0.717) is 23.0 Å². The highest BCUT2D eigenvalue weighted by atomic mass is 35.5. The number of hydrogen-bond acceptors (Lipinski definition) is 3. The van der Waals surface area contributed by atoms with Crippen molar-refractivity contribution in [2.75, 3.05) is 10.7 Å². The lowest BCUT2D eigenvalue weighted by Gasteiger charge is -2.30. The topological polar surface area (TPSA) is 54.5 Å². The Morgan fingerprint density at radius 2 is 1.96 bits per heavy atom. The summed E-state index contributed by atoms with van der Waals surface area (Å²) in [6, 6.07) is 6.61. The molecule has 6 heteroatoms. The first-order valence-corrected chi connectivity index (χ1v) is 10.5. The van der Waals surface area contributed by atoms with Gasteiger partial charge in [0.2, 0.25) is 5.91 Å². The maximum absolute atomic E-state index is 13.0. The van der Waals surface area contributed by atoms with E-state index in [-0.39, 0.29) is 11.7 Å². The van der Waals surface area contributed by atoms with Crippen LogP contribution in [-0.4, -0.2) is 26.1 Å². The molecule has 0 aromatic heterocycles. The summed E-state index contributed by atoms with van der Waals surface area (Å²) in [5.74, 6) is 0.321. The normalized spacial score (nSPS) is 23.3. The molecular weight excluding hydrogens is 346 g/mol. The molecule has 1 aliphatic heterocycles. The molecule has 4 nitrogen and oxygen atoms in total. The number of rotatable bonds is 4. The minimum Gasteiger partial charge on any atom is -0.304 e. The van der Waals surface area contributed by atoms with Crippen molar-refractivity contribution >= 4 is 33.0 Å². The molecule has 1 aromatic rings. The molecule has 0 N–H and O–H groups in total. The minimum absolute atomic E-state index is 0.0177. The molecule has 1 aliphatic carbocycles. The van der Waals surface area contributed by atoms with Gasteiger partial charge in [0.25, 0.3) is 0 Å². The maximum Gasteiger partial charge on any atom is 0.227 e. The van der Waals surface area contributed by atoms with Crippen LogP contribution in [0.1, 0.15) is 38.5 Å². The van der Waals surface area contributed by atoms with Gasteiger partial charge in [-0.1, -0.05) is 36.9 Å². The highest BCUT2D eigenvalue weighted by molar-refractivity contribution is 7.94. The van der Waals surface area contributed by atoms with E-state index in [1.807, 2.05) is 6.07 Å². The van der Waals surface area contributed by atoms with Gasteiger partial charge < -0.3 is 4.90 Å². The molecule has 0 bridgehead atoms. The first kappa shape index (κ1) is 17.5. The molecule has 2 aliphatic rings. The molecule has 1 saturated carbocycles. The third-order valence-corrected chi connectivity index (χ3v) is 6.40. The first-order valence-electron chi connectivity index (χ1n) is 8.43. The summed E-state index contributed by atoms with van der Waals surface area (Å²) in [6.07, 6.45) is 7.82. The van der Waals surface area contributed by atoms with E-state index in [4.69, 9.17) is 11.6 Å². The summed E-state index contributed by atoms with van der Waals surface area (Å²) in [7, 11) is -3.23. The van der Waals surface area contributed by atoms with Crippen LogP contribution >= 0.6 is 11.6 Å². The van der Waals surface area contributed by atoms with Crippen LogP contribution in [0.5, 0.6) is 0 Å². The highest BCUT2D eigenvalue weighted by Gasteiger charge is 2.32. The van der Waals surface area contributed by atoms with Crippen molar-refractivity contribution in [1.29, 1.82) is 0 Å². The van der Waals surface area contributed by atoms with Crippen LogP contribution in [-0.2, 0) is 14.6 Å².